The summed E-state index contributed by atoms with van der Waals surface area (Å²) < 4.78 is 0. The first-order chi connectivity index (χ1) is 10.3. The maximum Gasteiger partial charge on any atom is 0.251 e. The van der Waals surface area contributed by atoms with E-state index in [1.54, 1.807) is 24.3 Å². The molecule has 4 nitrogen and oxygen atoms in total. The van der Waals surface area contributed by atoms with Crippen LogP contribution in [0.15, 0.2) is 24.3 Å². The predicted molar refractivity (Wildman–Crippen MR) is 86.5 cm³/mol. The van der Waals surface area contributed by atoms with E-state index in [0.29, 0.717) is 12.1 Å². The predicted octanol–water partition coefficient (Wildman–Crippen LogP) is 0.809. The fraction of sp³-hybridized carbons (Fsp3) is 0.438. The Labute approximate surface area is 129 Å². The molecule has 1 aromatic rings. The molecular formula is C16H20N2O2S. The van der Waals surface area contributed by atoms with Gasteiger partial charge in [0.15, 0.2) is 0 Å². The Bertz CT molecular complexity index is 513. The van der Waals surface area contributed by atoms with E-state index in [2.05, 4.69) is 22.1 Å². The normalized spacial score (nSPS) is 15.1. The van der Waals surface area contributed by atoms with Gasteiger partial charge in [-0.3, -0.25) is 9.69 Å². The molecule has 1 aliphatic heterocycles. The van der Waals surface area contributed by atoms with Crippen LogP contribution in [0.4, 0.5) is 0 Å². The van der Waals surface area contributed by atoms with E-state index < -0.39 is 0 Å². The van der Waals surface area contributed by atoms with Crippen LogP contribution in [-0.4, -0.2) is 60.2 Å². The topological polar surface area (TPSA) is 52.6 Å². The molecule has 0 aromatic heterocycles. The number of aliphatic hydroxyl groups excluding tert-OH is 1. The van der Waals surface area contributed by atoms with Crippen molar-refractivity contribution in [1.29, 1.82) is 0 Å². The van der Waals surface area contributed by atoms with Gasteiger partial charge in [0.1, 0.15) is 6.61 Å². The number of amides is 1. The smallest absolute Gasteiger partial charge is 0.251 e. The van der Waals surface area contributed by atoms with Crippen molar-refractivity contribution in [1.82, 2.24) is 10.2 Å². The van der Waals surface area contributed by atoms with Gasteiger partial charge >= 0.3 is 0 Å². The summed E-state index contributed by atoms with van der Waals surface area (Å²) in [5, 5.41) is 11.6. The molecule has 1 amide bonds. The Kier molecular flexibility index (Phi) is 6.61. The van der Waals surface area contributed by atoms with Crippen LogP contribution in [0.5, 0.6) is 0 Å². The third kappa shape index (κ3) is 5.43. The molecule has 5 heteroatoms. The average molecular weight is 304 g/mol. The van der Waals surface area contributed by atoms with E-state index >= 15 is 0 Å². The van der Waals surface area contributed by atoms with Crippen molar-refractivity contribution in [2.75, 3.05) is 44.3 Å². The van der Waals surface area contributed by atoms with Gasteiger partial charge in [-0.05, 0) is 24.3 Å². The zero-order chi connectivity index (χ0) is 14.9. The highest BCUT2D eigenvalue weighted by Gasteiger charge is 2.10. The van der Waals surface area contributed by atoms with E-state index in [-0.39, 0.29) is 12.5 Å². The zero-order valence-corrected chi connectivity index (χ0v) is 12.8. The molecule has 1 saturated heterocycles. The minimum absolute atomic E-state index is 0.0527. The van der Waals surface area contributed by atoms with Crippen molar-refractivity contribution < 1.29 is 9.90 Å². The van der Waals surface area contributed by atoms with E-state index in [1.807, 2.05) is 11.8 Å². The maximum absolute atomic E-state index is 12.0. The molecule has 1 fully saturated rings. The number of rotatable bonds is 4. The molecule has 2 rings (SSSR count). The summed E-state index contributed by atoms with van der Waals surface area (Å²) in [6.45, 7) is 3.65. The van der Waals surface area contributed by atoms with Gasteiger partial charge in [-0.2, -0.15) is 11.8 Å². The standard InChI is InChI=1S/C16H20N2O2S/c19-11-1-2-14-3-5-15(6-4-14)16(20)17-7-8-18-9-12-21-13-10-18/h3-6,19H,7-13H2,(H,17,20). The lowest BCUT2D eigenvalue weighted by atomic mass is 10.1. The monoisotopic (exact) mass is 304 g/mol. The lowest BCUT2D eigenvalue weighted by Crippen LogP contribution is -2.39. The van der Waals surface area contributed by atoms with Crippen LogP contribution in [0, 0.1) is 11.8 Å². The Morgan fingerprint density at radius 1 is 1.29 bits per heavy atom. The van der Waals surface area contributed by atoms with E-state index in [9.17, 15) is 4.79 Å². The maximum atomic E-state index is 12.0. The Morgan fingerprint density at radius 2 is 2.00 bits per heavy atom. The minimum Gasteiger partial charge on any atom is -0.384 e. The quantitative estimate of drug-likeness (QED) is 0.808. The number of carbonyl (C=O) groups is 1. The van der Waals surface area contributed by atoms with Crippen LogP contribution in [0.25, 0.3) is 0 Å². The number of thioether (sulfide) groups is 1. The van der Waals surface area contributed by atoms with Crippen LogP contribution >= 0.6 is 11.8 Å². The summed E-state index contributed by atoms with van der Waals surface area (Å²) in [5.74, 6) is 7.70. The summed E-state index contributed by atoms with van der Waals surface area (Å²) in [7, 11) is 0. The first-order valence-electron chi connectivity index (χ1n) is 7.07. The van der Waals surface area contributed by atoms with Crippen molar-refractivity contribution in [2.24, 2.45) is 0 Å². The largest absolute Gasteiger partial charge is 0.384 e. The summed E-state index contributed by atoms with van der Waals surface area (Å²) in [4.78, 5) is 14.4. The lowest BCUT2D eigenvalue weighted by Gasteiger charge is -2.25. The zero-order valence-electron chi connectivity index (χ0n) is 12.0. The summed E-state index contributed by atoms with van der Waals surface area (Å²) in [5.41, 5.74) is 1.44. The number of hydrogen-bond donors (Lipinski definition) is 2. The van der Waals surface area contributed by atoms with Gasteiger partial charge in [-0.15, -0.1) is 0 Å². The van der Waals surface area contributed by atoms with Gasteiger partial charge in [-0.25, -0.2) is 0 Å². The number of benzene rings is 1. The molecule has 0 atom stereocenters. The highest BCUT2D eigenvalue weighted by Crippen LogP contribution is 2.08. The van der Waals surface area contributed by atoms with Gasteiger partial charge in [-0.1, -0.05) is 11.8 Å². The number of aliphatic hydroxyl groups is 1. The van der Waals surface area contributed by atoms with Crippen molar-refractivity contribution in [2.45, 2.75) is 0 Å². The second kappa shape index (κ2) is 8.73. The molecular weight excluding hydrogens is 284 g/mol. The van der Waals surface area contributed by atoms with Crippen LogP contribution in [0.1, 0.15) is 15.9 Å². The Hall–Kier alpha value is -1.48. The number of nitrogens with zero attached hydrogens (tertiary/aromatic N) is 1. The summed E-state index contributed by atoms with van der Waals surface area (Å²) in [6, 6.07) is 7.10. The van der Waals surface area contributed by atoms with Gasteiger partial charge in [0.2, 0.25) is 0 Å². The first-order valence-corrected chi connectivity index (χ1v) is 8.23. The SMILES string of the molecule is O=C(NCCN1CCSCC1)c1ccc(C#CCO)cc1. The van der Waals surface area contributed by atoms with Crippen molar-refractivity contribution in [3.63, 3.8) is 0 Å². The van der Waals surface area contributed by atoms with Gasteiger partial charge in [0.25, 0.3) is 5.91 Å². The second-order valence-corrected chi connectivity index (χ2v) is 5.97. The van der Waals surface area contributed by atoms with Crippen LogP contribution < -0.4 is 5.32 Å². The molecule has 1 aliphatic rings. The van der Waals surface area contributed by atoms with Crippen molar-refractivity contribution in [3.05, 3.63) is 35.4 Å². The highest BCUT2D eigenvalue weighted by atomic mass is 32.2. The van der Waals surface area contributed by atoms with Crippen LogP contribution in [-0.2, 0) is 0 Å². The van der Waals surface area contributed by atoms with E-state index in [0.717, 1.165) is 25.2 Å². The molecule has 21 heavy (non-hydrogen) atoms. The van der Waals surface area contributed by atoms with Gasteiger partial charge < -0.3 is 10.4 Å². The highest BCUT2D eigenvalue weighted by molar-refractivity contribution is 7.99. The molecule has 0 bridgehead atoms. The summed E-state index contributed by atoms with van der Waals surface area (Å²) in [6.07, 6.45) is 0. The number of nitrogens with one attached hydrogen (secondary N) is 1. The molecule has 0 radical (unpaired) electrons. The fourth-order valence-electron chi connectivity index (χ4n) is 2.10. The average Bonchev–Trinajstić information content (AvgIpc) is 2.54. The lowest BCUT2D eigenvalue weighted by molar-refractivity contribution is 0.0949. The minimum atomic E-state index is -0.156. The van der Waals surface area contributed by atoms with Gasteiger partial charge in [0, 0.05) is 48.8 Å². The van der Waals surface area contributed by atoms with E-state index in [4.69, 9.17) is 5.11 Å². The first kappa shape index (κ1) is 15.9. The van der Waals surface area contributed by atoms with Crippen molar-refractivity contribution >= 4 is 17.7 Å². The van der Waals surface area contributed by atoms with Crippen molar-refractivity contribution in [3.8, 4) is 11.8 Å². The third-order valence-electron chi connectivity index (χ3n) is 3.28. The molecule has 1 aromatic carbocycles. The third-order valence-corrected chi connectivity index (χ3v) is 4.22. The fourth-order valence-corrected chi connectivity index (χ4v) is 3.08. The second-order valence-electron chi connectivity index (χ2n) is 4.75. The molecule has 2 N–H and O–H groups in total. The molecule has 0 aliphatic carbocycles. The molecule has 0 saturated carbocycles. The number of carbonyl (C=O) groups excluding carboxylic acids is 1. The van der Waals surface area contributed by atoms with Crippen LogP contribution in [0.2, 0.25) is 0 Å². The molecule has 1 heterocycles. The summed E-state index contributed by atoms with van der Waals surface area (Å²) >= 11 is 1.99. The Morgan fingerprint density at radius 3 is 2.67 bits per heavy atom. The van der Waals surface area contributed by atoms with Crippen LogP contribution in [0.3, 0.4) is 0 Å². The molecule has 0 unspecified atom stereocenters. The molecule has 112 valence electrons. The Balaban J connectivity index is 1.77. The van der Waals surface area contributed by atoms with Gasteiger partial charge in [0.05, 0.1) is 0 Å². The van der Waals surface area contributed by atoms with E-state index in [1.165, 1.54) is 11.5 Å². The molecule has 0 spiro atoms. The number of hydrogen-bond acceptors (Lipinski definition) is 4.